The van der Waals surface area contributed by atoms with E-state index >= 15 is 0 Å². The number of amides is 2. The van der Waals surface area contributed by atoms with Gasteiger partial charge in [-0.05, 0) is 38.3 Å². The molecule has 0 spiro atoms. The minimum absolute atomic E-state index is 0.281. The molecule has 1 heterocycles. The second kappa shape index (κ2) is 6.36. The molecule has 116 valence electrons. The summed E-state index contributed by atoms with van der Waals surface area (Å²) in [5.74, 6) is 0.126. The van der Waals surface area contributed by atoms with Gasteiger partial charge < -0.3 is 10.2 Å². The smallest absolute Gasteiger partial charge is 0.321 e. The van der Waals surface area contributed by atoms with Gasteiger partial charge in [-0.3, -0.25) is 4.21 Å². The Morgan fingerprint density at radius 1 is 1.48 bits per heavy atom. The predicted octanol–water partition coefficient (Wildman–Crippen LogP) is 2.92. The van der Waals surface area contributed by atoms with Crippen molar-refractivity contribution in [2.45, 2.75) is 23.5 Å². The van der Waals surface area contributed by atoms with Gasteiger partial charge in [-0.25, -0.2) is 9.18 Å². The van der Waals surface area contributed by atoms with Crippen LogP contribution in [0.2, 0.25) is 0 Å². The maximum absolute atomic E-state index is 13.7. The number of thioether (sulfide) groups is 1. The molecule has 0 radical (unpaired) electrons. The molecular weight excluding hydrogens is 311 g/mol. The van der Waals surface area contributed by atoms with Crippen molar-refractivity contribution >= 4 is 34.3 Å². The van der Waals surface area contributed by atoms with Crippen molar-refractivity contribution in [1.82, 2.24) is 4.90 Å². The molecule has 7 heteroatoms. The molecule has 1 atom stereocenters. The minimum Gasteiger partial charge on any atom is -0.322 e. The Morgan fingerprint density at radius 3 is 2.76 bits per heavy atom. The van der Waals surface area contributed by atoms with Gasteiger partial charge in [-0.15, -0.1) is 11.8 Å². The van der Waals surface area contributed by atoms with E-state index in [1.165, 1.54) is 17.8 Å². The summed E-state index contributed by atoms with van der Waals surface area (Å²) in [5.41, 5.74) is 0.430. The molecule has 1 N–H and O–H groups in total. The van der Waals surface area contributed by atoms with Crippen LogP contribution in [0, 0.1) is 5.82 Å². The molecular formula is C14H19FN2O2S2. The van der Waals surface area contributed by atoms with Gasteiger partial charge in [0.1, 0.15) is 5.82 Å². The number of nitrogens with one attached hydrogen (secondary N) is 1. The van der Waals surface area contributed by atoms with E-state index in [0.717, 1.165) is 0 Å². The van der Waals surface area contributed by atoms with Crippen LogP contribution >= 0.6 is 11.8 Å². The molecule has 1 aromatic rings. The van der Waals surface area contributed by atoms with Crippen molar-refractivity contribution in [2.75, 3.05) is 30.4 Å². The van der Waals surface area contributed by atoms with Crippen LogP contribution in [0.15, 0.2) is 23.1 Å². The molecule has 1 aromatic carbocycles. The van der Waals surface area contributed by atoms with E-state index in [4.69, 9.17) is 0 Å². The summed E-state index contributed by atoms with van der Waals surface area (Å²) < 4.78 is 25.1. The van der Waals surface area contributed by atoms with Gasteiger partial charge in [0, 0.05) is 40.2 Å². The van der Waals surface area contributed by atoms with Crippen LogP contribution in [0.3, 0.4) is 0 Å². The fourth-order valence-corrected chi connectivity index (χ4v) is 3.90. The van der Waals surface area contributed by atoms with Gasteiger partial charge in [0.2, 0.25) is 0 Å². The summed E-state index contributed by atoms with van der Waals surface area (Å²) in [4.78, 5) is 14.4. The van der Waals surface area contributed by atoms with Crippen molar-refractivity contribution in [3.05, 3.63) is 24.0 Å². The number of anilines is 1. The Morgan fingerprint density at radius 2 is 2.19 bits per heavy atom. The zero-order valence-electron chi connectivity index (χ0n) is 12.3. The Hall–Kier alpha value is -1.08. The lowest BCUT2D eigenvalue weighted by atomic mass is 10.2. The first-order chi connectivity index (χ1) is 9.83. The Bertz CT molecular complexity index is 578. The fourth-order valence-electron chi connectivity index (χ4n) is 2.20. The Labute approximate surface area is 130 Å². The van der Waals surface area contributed by atoms with Gasteiger partial charge in [-0.1, -0.05) is 0 Å². The predicted molar refractivity (Wildman–Crippen MR) is 85.9 cm³/mol. The molecule has 1 aliphatic rings. The summed E-state index contributed by atoms with van der Waals surface area (Å²) in [6.45, 7) is 4.65. The molecule has 0 saturated carbocycles. The van der Waals surface area contributed by atoms with E-state index in [2.05, 4.69) is 5.32 Å². The largest absolute Gasteiger partial charge is 0.322 e. The van der Waals surface area contributed by atoms with Crippen molar-refractivity contribution < 1.29 is 13.4 Å². The van der Waals surface area contributed by atoms with Crippen LogP contribution in [-0.4, -0.2) is 45.0 Å². The molecule has 4 nitrogen and oxygen atoms in total. The second-order valence-corrected chi connectivity index (χ2v) is 8.56. The molecule has 1 saturated heterocycles. The number of hydrogen-bond donors (Lipinski definition) is 1. The highest BCUT2D eigenvalue weighted by atomic mass is 32.2. The SMILES string of the molecule is CSc1ccc(NC(=O)N2CCS(=O)C(C)(C)C2)cc1F. The van der Waals surface area contributed by atoms with Crippen LogP contribution in [-0.2, 0) is 10.8 Å². The molecule has 21 heavy (non-hydrogen) atoms. The van der Waals surface area contributed by atoms with E-state index in [0.29, 0.717) is 29.4 Å². The quantitative estimate of drug-likeness (QED) is 0.848. The first-order valence-electron chi connectivity index (χ1n) is 6.61. The number of rotatable bonds is 2. The fraction of sp³-hybridized carbons (Fsp3) is 0.500. The lowest BCUT2D eigenvalue weighted by Crippen LogP contribution is -2.53. The maximum atomic E-state index is 13.7. The van der Waals surface area contributed by atoms with Gasteiger partial charge in [0.05, 0.1) is 4.75 Å². The molecule has 1 aliphatic heterocycles. The molecule has 0 bridgehead atoms. The first-order valence-corrected chi connectivity index (χ1v) is 9.16. The monoisotopic (exact) mass is 330 g/mol. The van der Waals surface area contributed by atoms with Gasteiger partial charge in [-0.2, -0.15) is 0 Å². The summed E-state index contributed by atoms with van der Waals surface area (Å²) in [5, 5.41) is 2.70. The third kappa shape index (κ3) is 3.77. The van der Waals surface area contributed by atoms with Gasteiger partial charge in [0.25, 0.3) is 0 Å². The normalized spacial score (nSPS) is 21.1. The zero-order valence-corrected chi connectivity index (χ0v) is 13.9. The number of benzene rings is 1. The van der Waals surface area contributed by atoms with E-state index in [1.807, 2.05) is 13.8 Å². The third-order valence-electron chi connectivity index (χ3n) is 3.42. The van der Waals surface area contributed by atoms with Crippen molar-refractivity contribution in [3.63, 3.8) is 0 Å². The van der Waals surface area contributed by atoms with Gasteiger partial charge >= 0.3 is 6.03 Å². The van der Waals surface area contributed by atoms with Crippen molar-refractivity contribution in [3.8, 4) is 0 Å². The topological polar surface area (TPSA) is 49.4 Å². The lowest BCUT2D eigenvalue weighted by molar-refractivity contribution is 0.207. The number of urea groups is 1. The highest BCUT2D eigenvalue weighted by Crippen LogP contribution is 2.24. The first kappa shape index (κ1) is 16.3. The average molecular weight is 330 g/mol. The van der Waals surface area contributed by atoms with Crippen LogP contribution in [0.25, 0.3) is 0 Å². The molecule has 2 rings (SSSR count). The van der Waals surface area contributed by atoms with Crippen LogP contribution in [0.4, 0.5) is 14.9 Å². The summed E-state index contributed by atoms with van der Waals surface area (Å²) in [6, 6.07) is 4.36. The van der Waals surface area contributed by atoms with Crippen LogP contribution < -0.4 is 5.32 Å². The van der Waals surface area contributed by atoms with E-state index in [-0.39, 0.29) is 11.8 Å². The van der Waals surface area contributed by atoms with Crippen molar-refractivity contribution in [2.24, 2.45) is 0 Å². The minimum atomic E-state index is -0.927. The van der Waals surface area contributed by atoms with E-state index in [9.17, 15) is 13.4 Å². The van der Waals surface area contributed by atoms with E-state index in [1.54, 1.807) is 23.3 Å². The van der Waals surface area contributed by atoms with Crippen molar-refractivity contribution in [1.29, 1.82) is 0 Å². The standard InChI is InChI=1S/C14H19FN2O2S2/c1-14(2)9-17(6-7-21(14)19)13(18)16-10-4-5-12(20-3)11(15)8-10/h4-5,8H,6-7,9H2,1-3H3,(H,16,18). The molecule has 0 aliphatic carbocycles. The number of halogens is 1. The van der Waals surface area contributed by atoms with Crippen LogP contribution in [0.5, 0.6) is 0 Å². The lowest BCUT2D eigenvalue weighted by Gasteiger charge is -2.37. The number of hydrogen-bond acceptors (Lipinski definition) is 3. The Kier molecular flexibility index (Phi) is 4.93. The highest BCUT2D eigenvalue weighted by Gasteiger charge is 2.35. The molecule has 2 amide bonds. The summed E-state index contributed by atoms with van der Waals surface area (Å²) >= 11 is 1.32. The third-order valence-corrected chi connectivity index (χ3v) is 6.11. The zero-order chi connectivity index (χ0) is 15.6. The maximum Gasteiger partial charge on any atom is 0.321 e. The van der Waals surface area contributed by atoms with Gasteiger partial charge in [0.15, 0.2) is 0 Å². The summed E-state index contributed by atoms with van der Waals surface area (Å²) in [7, 11) is -0.927. The molecule has 0 aromatic heterocycles. The number of nitrogens with zero attached hydrogens (tertiary/aromatic N) is 1. The van der Waals surface area contributed by atoms with E-state index < -0.39 is 15.5 Å². The highest BCUT2D eigenvalue weighted by molar-refractivity contribution is 7.98. The summed E-state index contributed by atoms with van der Waals surface area (Å²) in [6.07, 6.45) is 1.80. The number of carbonyl (C=O) groups excluding carboxylic acids is 1. The second-order valence-electron chi connectivity index (χ2n) is 5.51. The average Bonchev–Trinajstić information content (AvgIpc) is 2.42. The number of carbonyl (C=O) groups is 1. The molecule has 1 fully saturated rings. The van der Waals surface area contributed by atoms with Crippen LogP contribution in [0.1, 0.15) is 13.8 Å². The molecule has 1 unspecified atom stereocenters. The Balaban J connectivity index is 2.05.